The molecule has 1 aromatic rings. The van der Waals surface area contributed by atoms with E-state index in [2.05, 4.69) is 11.2 Å². The van der Waals surface area contributed by atoms with E-state index in [0.717, 1.165) is 18.3 Å². The van der Waals surface area contributed by atoms with Crippen LogP contribution in [-0.2, 0) is 28.6 Å². The van der Waals surface area contributed by atoms with Crippen molar-refractivity contribution < 1.29 is 35.6 Å². The molecule has 1 aromatic heterocycles. The van der Waals surface area contributed by atoms with E-state index in [-0.39, 0.29) is 22.4 Å². The summed E-state index contributed by atoms with van der Waals surface area (Å²) in [6.07, 6.45) is -1.30. The van der Waals surface area contributed by atoms with Crippen molar-refractivity contribution in [1.82, 2.24) is 4.98 Å². The number of halogens is 3. The fourth-order valence-corrected chi connectivity index (χ4v) is 0.488. The summed E-state index contributed by atoms with van der Waals surface area (Å²) in [5, 5.41) is 0. The van der Waals surface area contributed by atoms with Crippen molar-refractivity contribution in [2.24, 2.45) is 0 Å². The fraction of sp³-hybridized carbons (Fsp3) is 0.167. The molecule has 1 rings (SSSR count). The number of nitrogens with zero attached hydrogens (tertiary/aromatic N) is 1. The standard InChI is InChI=1S/C6H3F3N.Au/c7-6(8,9)5-2-1-3-10-4-5;/h1-2,4H;/q-1;+1. The van der Waals surface area contributed by atoms with E-state index in [1.165, 1.54) is 0 Å². The molecule has 0 amide bonds. The molecule has 0 aliphatic rings. The molecule has 0 spiro atoms. The topological polar surface area (TPSA) is 12.9 Å². The first-order chi connectivity index (χ1) is 4.61. The van der Waals surface area contributed by atoms with Gasteiger partial charge in [0.2, 0.25) is 0 Å². The minimum atomic E-state index is -4.29. The van der Waals surface area contributed by atoms with Crippen molar-refractivity contribution in [1.29, 1.82) is 0 Å². The molecule has 11 heavy (non-hydrogen) atoms. The molecule has 0 saturated heterocycles. The van der Waals surface area contributed by atoms with Crippen molar-refractivity contribution >= 4 is 0 Å². The van der Waals surface area contributed by atoms with Gasteiger partial charge in [-0.2, -0.15) is 25.3 Å². The molecule has 0 N–H and O–H groups in total. The first-order valence-corrected chi connectivity index (χ1v) is 2.50. The molecule has 0 aliphatic carbocycles. The molecule has 0 fully saturated rings. The molecule has 0 radical (unpaired) electrons. The smallest absolute Gasteiger partial charge is 0.394 e. The average molecular weight is 343 g/mol. The van der Waals surface area contributed by atoms with E-state index in [0.29, 0.717) is 0 Å². The van der Waals surface area contributed by atoms with Crippen molar-refractivity contribution in [3.05, 3.63) is 30.1 Å². The maximum absolute atomic E-state index is 11.7. The van der Waals surface area contributed by atoms with Crippen LogP contribution in [0.2, 0.25) is 0 Å². The Labute approximate surface area is 77.1 Å². The van der Waals surface area contributed by atoms with Crippen molar-refractivity contribution in [3.8, 4) is 0 Å². The van der Waals surface area contributed by atoms with E-state index < -0.39 is 11.7 Å². The molecule has 0 saturated carbocycles. The number of pyridine rings is 1. The van der Waals surface area contributed by atoms with Crippen LogP contribution in [-0.4, -0.2) is 4.98 Å². The van der Waals surface area contributed by atoms with Gasteiger partial charge in [0.25, 0.3) is 0 Å². The second kappa shape index (κ2) is 3.90. The summed E-state index contributed by atoms with van der Waals surface area (Å²) >= 11 is 0. The summed E-state index contributed by atoms with van der Waals surface area (Å²) in [6.45, 7) is 0. The van der Waals surface area contributed by atoms with Gasteiger partial charge in [-0.3, -0.25) is 0 Å². The normalized spacial score (nSPS) is 10.5. The summed E-state index contributed by atoms with van der Waals surface area (Å²) < 4.78 is 35.2. The van der Waals surface area contributed by atoms with Crippen LogP contribution < -0.4 is 0 Å². The zero-order valence-corrected chi connectivity index (χ0v) is 7.28. The zero-order valence-electron chi connectivity index (χ0n) is 5.11. The van der Waals surface area contributed by atoms with Gasteiger partial charge in [0.1, 0.15) is 0 Å². The molecule has 0 aliphatic heterocycles. The summed E-state index contributed by atoms with van der Waals surface area (Å²) in [5.41, 5.74) is -0.744. The van der Waals surface area contributed by atoms with Crippen LogP contribution in [0.4, 0.5) is 13.2 Å². The van der Waals surface area contributed by atoms with Crippen LogP contribution in [0.1, 0.15) is 5.56 Å². The van der Waals surface area contributed by atoms with Crippen LogP contribution >= 0.6 is 0 Å². The quantitative estimate of drug-likeness (QED) is 0.518. The Morgan fingerprint density at radius 3 is 2.27 bits per heavy atom. The Morgan fingerprint density at radius 2 is 2.00 bits per heavy atom. The maximum atomic E-state index is 11.7. The van der Waals surface area contributed by atoms with E-state index >= 15 is 0 Å². The molecule has 64 valence electrons. The molecule has 1 heterocycles. The number of hydrogen-bond acceptors (Lipinski definition) is 1. The maximum Gasteiger partial charge on any atom is 1.00 e. The summed E-state index contributed by atoms with van der Waals surface area (Å²) in [4.78, 5) is 3.21. The summed E-state index contributed by atoms with van der Waals surface area (Å²) in [6, 6.07) is 2.05. The van der Waals surface area contributed by atoms with Gasteiger partial charge in [0.15, 0.2) is 0 Å². The van der Waals surface area contributed by atoms with E-state index in [4.69, 9.17) is 0 Å². The third-order valence-corrected chi connectivity index (χ3v) is 0.943. The van der Waals surface area contributed by atoms with Gasteiger partial charge in [-0.1, -0.05) is 12.4 Å². The van der Waals surface area contributed by atoms with Crippen LogP contribution in [0.5, 0.6) is 0 Å². The second-order valence-electron chi connectivity index (χ2n) is 1.67. The largest absolute Gasteiger partial charge is 1.00 e. The van der Waals surface area contributed by atoms with Crippen LogP contribution in [0.3, 0.4) is 0 Å². The molecule has 0 unspecified atom stereocenters. The van der Waals surface area contributed by atoms with E-state index in [9.17, 15) is 13.2 Å². The Morgan fingerprint density at radius 1 is 1.36 bits per heavy atom. The molecule has 0 aromatic carbocycles. The minimum absolute atomic E-state index is 0. The van der Waals surface area contributed by atoms with Gasteiger partial charge < -0.3 is 4.98 Å². The van der Waals surface area contributed by atoms with Crippen molar-refractivity contribution in [2.45, 2.75) is 6.18 Å². The molecule has 0 bridgehead atoms. The third kappa shape index (κ3) is 3.05. The van der Waals surface area contributed by atoms with Gasteiger partial charge >= 0.3 is 28.6 Å². The van der Waals surface area contributed by atoms with Crippen molar-refractivity contribution in [3.63, 3.8) is 0 Å². The Bertz CT molecular complexity index is 209. The number of hydrogen-bond donors (Lipinski definition) is 0. The minimum Gasteiger partial charge on any atom is -0.394 e. The molecular formula is C6H3AuF3N. The number of aromatic nitrogens is 1. The van der Waals surface area contributed by atoms with Gasteiger partial charge in [0.05, 0.1) is 0 Å². The average Bonchev–Trinajstić information content (AvgIpc) is 1.88. The van der Waals surface area contributed by atoms with Crippen LogP contribution in [0, 0.1) is 6.20 Å². The number of rotatable bonds is 0. The fourth-order valence-electron chi connectivity index (χ4n) is 0.488. The third-order valence-electron chi connectivity index (χ3n) is 0.943. The predicted octanol–water partition coefficient (Wildman–Crippen LogP) is 1.90. The van der Waals surface area contributed by atoms with Gasteiger partial charge in [-0.15, -0.1) is 0 Å². The van der Waals surface area contributed by atoms with Crippen LogP contribution in [0.25, 0.3) is 0 Å². The van der Waals surface area contributed by atoms with E-state index in [1.54, 1.807) is 0 Å². The molecule has 0 atom stereocenters. The Hall–Kier alpha value is -0.320. The molecule has 5 heteroatoms. The SMILES string of the molecule is FC(F)(F)c1cc[c-]nc1.[Au+]. The van der Waals surface area contributed by atoms with Gasteiger partial charge in [-0.25, -0.2) is 0 Å². The predicted molar refractivity (Wildman–Crippen MR) is 28.1 cm³/mol. The molecular weight excluding hydrogens is 340 g/mol. The Balaban J connectivity index is 0.000001000. The first kappa shape index (κ1) is 10.7. The summed E-state index contributed by atoms with van der Waals surface area (Å²) in [7, 11) is 0. The second-order valence-corrected chi connectivity index (χ2v) is 1.67. The monoisotopic (exact) mass is 343 g/mol. The van der Waals surface area contributed by atoms with Gasteiger partial charge in [-0.05, 0) is 5.56 Å². The Kier molecular flexibility index (Phi) is 3.78. The van der Waals surface area contributed by atoms with Crippen LogP contribution in [0.15, 0.2) is 18.3 Å². The first-order valence-electron chi connectivity index (χ1n) is 2.50. The van der Waals surface area contributed by atoms with E-state index in [1.807, 2.05) is 0 Å². The summed E-state index contributed by atoms with van der Waals surface area (Å²) in [5.74, 6) is 0. The van der Waals surface area contributed by atoms with Crippen molar-refractivity contribution in [2.75, 3.05) is 0 Å². The zero-order chi connectivity index (χ0) is 7.61. The number of alkyl halides is 3. The van der Waals surface area contributed by atoms with Gasteiger partial charge in [0, 0.05) is 0 Å². The molecule has 1 nitrogen and oxygen atoms in total.